The first-order valence-corrected chi connectivity index (χ1v) is 6.08. The highest BCUT2D eigenvalue weighted by atomic mass is 16.5. The Morgan fingerprint density at radius 2 is 2.06 bits per heavy atom. The third kappa shape index (κ3) is 2.28. The van der Waals surface area contributed by atoms with E-state index in [0.29, 0.717) is 13.0 Å². The minimum absolute atomic E-state index is 0.0779. The first-order chi connectivity index (χ1) is 8.59. The molecule has 1 unspecified atom stereocenters. The van der Waals surface area contributed by atoms with Gasteiger partial charge in [-0.3, -0.25) is 4.79 Å². The number of carbonyl (C=O) groups is 1. The van der Waals surface area contributed by atoms with Gasteiger partial charge in [-0.2, -0.15) is 0 Å². The fraction of sp³-hybridized carbons (Fsp3) is 0.500. The summed E-state index contributed by atoms with van der Waals surface area (Å²) in [5.41, 5.74) is 1.04. The molecule has 1 heterocycles. The summed E-state index contributed by atoms with van der Waals surface area (Å²) >= 11 is 0. The summed E-state index contributed by atoms with van der Waals surface area (Å²) in [6.45, 7) is 2.80. The van der Waals surface area contributed by atoms with E-state index in [4.69, 9.17) is 9.47 Å². The molecule has 1 aliphatic rings. The molecular weight excluding hydrogens is 230 g/mol. The lowest BCUT2D eigenvalue weighted by Crippen LogP contribution is -2.44. The van der Waals surface area contributed by atoms with Crippen LogP contribution in [0.25, 0.3) is 0 Å². The third-order valence-corrected chi connectivity index (χ3v) is 3.64. The minimum atomic E-state index is -0.0779. The first kappa shape index (κ1) is 12.7. The van der Waals surface area contributed by atoms with Crippen LogP contribution in [0.2, 0.25) is 0 Å². The van der Waals surface area contributed by atoms with Crippen molar-refractivity contribution in [3.8, 4) is 11.5 Å². The van der Waals surface area contributed by atoms with E-state index in [1.54, 1.807) is 14.2 Å². The van der Waals surface area contributed by atoms with Crippen molar-refractivity contribution in [1.82, 2.24) is 5.32 Å². The summed E-state index contributed by atoms with van der Waals surface area (Å²) in [6.07, 6.45) is 1.40. The molecule has 0 bridgehead atoms. The van der Waals surface area contributed by atoms with Crippen LogP contribution in [0.4, 0.5) is 0 Å². The van der Waals surface area contributed by atoms with Gasteiger partial charge in [-0.05, 0) is 12.5 Å². The van der Waals surface area contributed by atoms with Crippen LogP contribution >= 0.6 is 0 Å². The van der Waals surface area contributed by atoms with Crippen LogP contribution in [-0.4, -0.2) is 26.7 Å². The molecule has 2 rings (SSSR count). The van der Waals surface area contributed by atoms with Crippen molar-refractivity contribution in [2.24, 2.45) is 0 Å². The zero-order valence-electron chi connectivity index (χ0n) is 11.1. The van der Waals surface area contributed by atoms with Crippen LogP contribution in [0.1, 0.15) is 25.3 Å². The fourth-order valence-electron chi connectivity index (χ4n) is 2.39. The standard InChI is InChI=1S/C14H19NO3/c1-14(7-6-13(16)15-9-14)11-5-4-10(17-2)8-12(11)18-3/h4-5,8H,6-7,9H2,1-3H3,(H,15,16). The van der Waals surface area contributed by atoms with Gasteiger partial charge in [0.2, 0.25) is 5.91 Å². The number of ether oxygens (including phenoxy) is 2. The van der Waals surface area contributed by atoms with E-state index in [1.807, 2.05) is 18.2 Å². The van der Waals surface area contributed by atoms with Gasteiger partial charge in [0.1, 0.15) is 11.5 Å². The summed E-state index contributed by atoms with van der Waals surface area (Å²) in [5, 5.41) is 2.93. The zero-order valence-corrected chi connectivity index (χ0v) is 11.1. The van der Waals surface area contributed by atoms with Gasteiger partial charge in [0.25, 0.3) is 0 Å². The summed E-state index contributed by atoms with van der Waals surface area (Å²) in [6, 6.07) is 5.84. The van der Waals surface area contributed by atoms with Gasteiger partial charge < -0.3 is 14.8 Å². The second-order valence-corrected chi connectivity index (χ2v) is 4.90. The Kier molecular flexibility index (Phi) is 3.45. The predicted molar refractivity (Wildman–Crippen MR) is 69.1 cm³/mol. The Labute approximate surface area is 107 Å². The van der Waals surface area contributed by atoms with Crippen LogP contribution in [0.3, 0.4) is 0 Å². The van der Waals surface area contributed by atoms with Gasteiger partial charge in [0, 0.05) is 30.0 Å². The molecule has 0 radical (unpaired) electrons. The van der Waals surface area contributed by atoms with E-state index in [0.717, 1.165) is 23.5 Å². The summed E-state index contributed by atoms with van der Waals surface area (Å²) < 4.78 is 10.6. The first-order valence-electron chi connectivity index (χ1n) is 6.08. The quantitative estimate of drug-likeness (QED) is 0.889. The van der Waals surface area contributed by atoms with Crippen LogP contribution in [0.15, 0.2) is 18.2 Å². The fourth-order valence-corrected chi connectivity index (χ4v) is 2.39. The molecule has 0 aromatic heterocycles. The van der Waals surface area contributed by atoms with E-state index in [1.165, 1.54) is 0 Å². The van der Waals surface area contributed by atoms with Crippen molar-refractivity contribution in [2.45, 2.75) is 25.2 Å². The number of amides is 1. The largest absolute Gasteiger partial charge is 0.497 e. The minimum Gasteiger partial charge on any atom is -0.497 e. The molecule has 1 aromatic rings. The molecule has 18 heavy (non-hydrogen) atoms. The van der Waals surface area contributed by atoms with Crippen LogP contribution in [0.5, 0.6) is 11.5 Å². The normalized spacial score (nSPS) is 23.4. The maximum absolute atomic E-state index is 11.3. The number of methoxy groups -OCH3 is 2. The van der Waals surface area contributed by atoms with E-state index >= 15 is 0 Å². The SMILES string of the molecule is COc1ccc(C2(C)CCC(=O)NC2)c(OC)c1. The molecule has 98 valence electrons. The third-order valence-electron chi connectivity index (χ3n) is 3.64. The van der Waals surface area contributed by atoms with Crippen molar-refractivity contribution in [2.75, 3.05) is 20.8 Å². The zero-order chi connectivity index (χ0) is 13.2. The molecule has 4 heteroatoms. The van der Waals surface area contributed by atoms with Crippen molar-refractivity contribution < 1.29 is 14.3 Å². The molecule has 1 atom stereocenters. The van der Waals surface area contributed by atoms with Gasteiger partial charge in [-0.1, -0.05) is 13.0 Å². The summed E-state index contributed by atoms with van der Waals surface area (Å²) in [5.74, 6) is 1.71. The highest BCUT2D eigenvalue weighted by Gasteiger charge is 2.34. The molecular formula is C14H19NO3. The number of piperidine rings is 1. The van der Waals surface area contributed by atoms with Gasteiger partial charge in [0.05, 0.1) is 14.2 Å². The number of nitrogens with one attached hydrogen (secondary N) is 1. The predicted octanol–water partition coefficient (Wildman–Crippen LogP) is 1.87. The van der Waals surface area contributed by atoms with Crippen molar-refractivity contribution in [1.29, 1.82) is 0 Å². The number of hydrogen-bond acceptors (Lipinski definition) is 3. The van der Waals surface area contributed by atoms with Crippen molar-refractivity contribution >= 4 is 5.91 Å². The van der Waals surface area contributed by atoms with Crippen LogP contribution in [-0.2, 0) is 10.2 Å². The maximum atomic E-state index is 11.3. The van der Waals surface area contributed by atoms with E-state index in [9.17, 15) is 4.79 Å². The topological polar surface area (TPSA) is 47.6 Å². The van der Waals surface area contributed by atoms with E-state index < -0.39 is 0 Å². The molecule has 4 nitrogen and oxygen atoms in total. The molecule has 1 amide bonds. The summed E-state index contributed by atoms with van der Waals surface area (Å²) in [4.78, 5) is 11.3. The van der Waals surface area contributed by atoms with Gasteiger partial charge >= 0.3 is 0 Å². The van der Waals surface area contributed by atoms with Crippen LogP contribution < -0.4 is 14.8 Å². The lowest BCUT2D eigenvalue weighted by molar-refractivity contribution is -0.123. The molecule has 1 fully saturated rings. The molecule has 1 aromatic carbocycles. The molecule has 1 saturated heterocycles. The molecule has 1 aliphatic heterocycles. The molecule has 0 aliphatic carbocycles. The molecule has 0 saturated carbocycles. The van der Waals surface area contributed by atoms with Crippen molar-refractivity contribution in [3.05, 3.63) is 23.8 Å². The van der Waals surface area contributed by atoms with Crippen LogP contribution in [0, 0.1) is 0 Å². The van der Waals surface area contributed by atoms with Gasteiger partial charge in [-0.25, -0.2) is 0 Å². The molecule has 1 N–H and O–H groups in total. The number of rotatable bonds is 3. The van der Waals surface area contributed by atoms with E-state index in [2.05, 4.69) is 12.2 Å². The lowest BCUT2D eigenvalue weighted by Gasteiger charge is -2.35. The van der Waals surface area contributed by atoms with Gasteiger partial charge in [-0.15, -0.1) is 0 Å². The number of hydrogen-bond donors (Lipinski definition) is 1. The number of carbonyl (C=O) groups excluding carboxylic acids is 1. The Balaban J connectivity index is 2.34. The highest BCUT2D eigenvalue weighted by Crippen LogP contribution is 2.38. The Hall–Kier alpha value is -1.71. The smallest absolute Gasteiger partial charge is 0.220 e. The second-order valence-electron chi connectivity index (χ2n) is 4.90. The second kappa shape index (κ2) is 4.88. The highest BCUT2D eigenvalue weighted by molar-refractivity contribution is 5.77. The number of benzene rings is 1. The Morgan fingerprint density at radius 1 is 1.28 bits per heavy atom. The van der Waals surface area contributed by atoms with Gasteiger partial charge in [0.15, 0.2) is 0 Å². The average molecular weight is 249 g/mol. The van der Waals surface area contributed by atoms with Crippen molar-refractivity contribution in [3.63, 3.8) is 0 Å². The monoisotopic (exact) mass is 249 g/mol. The summed E-state index contributed by atoms with van der Waals surface area (Å²) in [7, 11) is 3.29. The maximum Gasteiger partial charge on any atom is 0.220 e. The average Bonchev–Trinajstić information content (AvgIpc) is 2.41. The lowest BCUT2D eigenvalue weighted by atomic mass is 9.76. The molecule has 0 spiro atoms. The Bertz CT molecular complexity index is 446. The van der Waals surface area contributed by atoms with E-state index in [-0.39, 0.29) is 11.3 Å². The Morgan fingerprint density at radius 3 is 2.61 bits per heavy atom.